The second-order valence-corrected chi connectivity index (χ2v) is 11.5. The Morgan fingerprint density at radius 2 is 2.02 bits per heavy atom. The Hall–Kier alpha value is -3.79. The van der Waals surface area contributed by atoms with Crippen LogP contribution in [0.3, 0.4) is 0 Å². The molecule has 0 saturated carbocycles. The number of nitrogens with zero attached hydrogens (tertiary/aromatic N) is 5. The molecule has 0 amide bonds. The second-order valence-electron chi connectivity index (χ2n) is 11.5. The quantitative estimate of drug-likeness (QED) is 0.277. The van der Waals surface area contributed by atoms with E-state index in [1.807, 2.05) is 30.6 Å². The van der Waals surface area contributed by atoms with Gasteiger partial charge < -0.3 is 14.7 Å². The van der Waals surface area contributed by atoms with E-state index >= 15 is 0 Å². The molecule has 6 rings (SSSR count). The molecule has 1 saturated heterocycles. The van der Waals surface area contributed by atoms with Gasteiger partial charge in [0.1, 0.15) is 5.82 Å². The molecule has 2 aromatic carbocycles. The molecule has 0 spiro atoms. The van der Waals surface area contributed by atoms with Crippen molar-refractivity contribution in [3.63, 3.8) is 0 Å². The van der Waals surface area contributed by atoms with Crippen molar-refractivity contribution in [2.75, 3.05) is 26.7 Å². The van der Waals surface area contributed by atoms with E-state index in [1.54, 1.807) is 10.6 Å². The van der Waals surface area contributed by atoms with Gasteiger partial charge in [-0.05, 0) is 92.9 Å². The summed E-state index contributed by atoms with van der Waals surface area (Å²) in [6.07, 6.45) is 7.02. The minimum atomic E-state index is -0.227. The lowest BCUT2D eigenvalue weighted by Crippen LogP contribution is -2.26. The lowest BCUT2D eigenvalue weighted by molar-refractivity contribution is 0.265. The topological polar surface area (TPSA) is 82.3 Å². The molecule has 214 valence electrons. The van der Waals surface area contributed by atoms with Crippen LogP contribution in [0.4, 0.5) is 4.39 Å². The first kappa shape index (κ1) is 27.4. The Labute approximate surface area is 238 Å². The third-order valence-electron chi connectivity index (χ3n) is 8.52. The minimum Gasteiger partial charge on any atom is -0.395 e. The summed E-state index contributed by atoms with van der Waals surface area (Å²) in [4.78, 5) is 24.3. The van der Waals surface area contributed by atoms with Gasteiger partial charge in [0.25, 0.3) is 0 Å². The maximum absolute atomic E-state index is 14.4. The summed E-state index contributed by atoms with van der Waals surface area (Å²) in [6.45, 7) is 7.83. The van der Waals surface area contributed by atoms with Gasteiger partial charge in [0.2, 0.25) is 0 Å². The SMILES string of the molecule is CC(C)N(C)Cc1cc(F)ccc1-n1cc(C2CCN(Cc3ccc4c(c3)[nH]c(=O)n4CCO)C2)c2ccncc21. The molecule has 1 atom stereocenters. The highest BCUT2D eigenvalue weighted by Crippen LogP contribution is 2.36. The summed E-state index contributed by atoms with van der Waals surface area (Å²) >= 11 is 0. The monoisotopic (exact) mass is 556 g/mol. The van der Waals surface area contributed by atoms with Crippen LogP contribution >= 0.6 is 0 Å². The molecule has 1 aliphatic rings. The van der Waals surface area contributed by atoms with Crippen molar-refractivity contribution < 1.29 is 9.50 Å². The molecule has 8 nitrogen and oxygen atoms in total. The van der Waals surface area contributed by atoms with Crippen LogP contribution in [0.15, 0.2) is 65.8 Å². The molecule has 1 aliphatic heterocycles. The van der Waals surface area contributed by atoms with Gasteiger partial charge in [-0.3, -0.25) is 19.4 Å². The van der Waals surface area contributed by atoms with Gasteiger partial charge in [0.05, 0.1) is 41.6 Å². The van der Waals surface area contributed by atoms with Crippen molar-refractivity contribution in [1.29, 1.82) is 0 Å². The van der Waals surface area contributed by atoms with Crippen molar-refractivity contribution in [3.05, 3.63) is 94.0 Å². The fourth-order valence-corrected chi connectivity index (χ4v) is 6.11. The van der Waals surface area contributed by atoms with Crippen LogP contribution in [0.25, 0.3) is 27.6 Å². The highest BCUT2D eigenvalue weighted by atomic mass is 19.1. The Morgan fingerprint density at radius 1 is 1.17 bits per heavy atom. The molecular formula is C32H37FN6O2. The number of likely N-dealkylation sites (tertiary alicyclic amines) is 1. The van der Waals surface area contributed by atoms with Crippen molar-refractivity contribution in [1.82, 2.24) is 28.9 Å². The zero-order chi connectivity index (χ0) is 28.7. The first-order valence-electron chi connectivity index (χ1n) is 14.3. The third kappa shape index (κ3) is 5.32. The van der Waals surface area contributed by atoms with Crippen molar-refractivity contribution in [2.24, 2.45) is 0 Å². The lowest BCUT2D eigenvalue weighted by Gasteiger charge is -2.23. The van der Waals surface area contributed by atoms with Gasteiger partial charge in [0.15, 0.2) is 0 Å². The van der Waals surface area contributed by atoms with Crippen LogP contribution in [-0.2, 0) is 19.6 Å². The molecule has 0 aliphatic carbocycles. The molecule has 3 aromatic heterocycles. The molecule has 0 radical (unpaired) electrons. The highest BCUT2D eigenvalue weighted by Gasteiger charge is 2.27. The normalized spacial score (nSPS) is 16.2. The van der Waals surface area contributed by atoms with Gasteiger partial charge in [-0.25, -0.2) is 9.18 Å². The smallest absolute Gasteiger partial charge is 0.326 e. The zero-order valence-corrected chi connectivity index (χ0v) is 23.8. The van der Waals surface area contributed by atoms with Crippen LogP contribution in [0.2, 0.25) is 0 Å². The summed E-state index contributed by atoms with van der Waals surface area (Å²) in [5.41, 5.74) is 6.81. The second kappa shape index (κ2) is 11.2. The number of aromatic nitrogens is 4. The van der Waals surface area contributed by atoms with Gasteiger partial charge >= 0.3 is 5.69 Å². The zero-order valence-electron chi connectivity index (χ0n) is 23.8. The average molecular weight is 557 g/mol. The number of hydrogen-bond donors (Lipinski definition) is 2. The van der Waals surface area contributed by atoms with Gasteiger partial charge in [-0.1, -0.05) is 6.07 Å². The number of H-pyrrole nitrogens is 1. The van der Waals surface area contributed by atoms with Crippen LogP contribution < -0.4 is 5.69 Å². The van der Waals surface area contributed by atoms with Gasteiger partial charge in [0, 0.05) is 43.5 Å². The predicted octanol–water partition coefficient (Wildman–Crippen LogP) is 4.63. The average Bonchev–Trinajstić information content (AvgIpc) is 3.65. The summed E-state index contributed by atoms with van der Waals surface area (Å²) in [5.74, 6) is 0.131. The molecule has 41 heavy (non-hydrogen) atoms. The van der Waals surface area contributed by atoms with Crippen molar-refractivity contribution in [2.45, 2.75) is 51.9 Å². The van der Waals surface area contributed by atoms with E-state index < -0.39 is 0 Å². The molecule has 0 bridgehead atoms. The van der Waals surface area contributed by atoms with E-state index in [1.165, 1.54) is 17.0 Å². The number of fused-ring (bicyclic) bond motifs is 2. The van der Waals surface area contributed by atoms with Crippen LogP contribution in [0.5, 0.6) is 0 Å². The molecule has 5 aromatic rings. The number of aromatic amines is 1. The lowest BCUT2D eigenvalue weighted by atomic mass is 9.98. The first-order valence-corrected chi connectivity index (χ1v) is 14.3. The molecule has 4 heterocycles. The number of imidazole rings is 1. The summed E-state index contributed by atoms with van der Waals surface area (Å²) in [5, 5.41) is 10.5. The van der Waals surface area contributed by atoms with Crippen LogP contribution in [0.1, 0.15) is 42.9 Å². The molecule has 1 fully saturated rings. The number of halogens is 1. The maximum atomic E-state index is 14.4. The minimum absolute atomic E-state index is 0.0757. The highest BCUT2D eigenvalue weighted by molar-refractivity contribution is 5.85. The first-order chi connectivity index (χ1) is 19.8. The maximum Gasteiger partial charge on any atom is 0.326 e. The van der Waals surface area contributed by atoms with Gasteiger partial charge in [-0.15, -0.1) is 0 Å². The Kier molecular flexibility index (Phi) is 7.50. The summed E-state index contributed by atoms with van der Waals surface area (Å²) < 4.78 is 18.1. The van der Waals surface area contributed by atoms with E-state index in [2.05, 4.69) is 63.6 Å². The largest absolute Gasteiger partial charge is 0.395 e. The molecule has 9 heteroatoms. The van der Waals surface area contributed by atoms with Crippen molar-refractivity contribution in [3.8, 4) is 5.69 Å². The molecular weight excluding hydrogens is 519 g/mol. The summed E-state index contributed by atoms with van der Waals surface area (Å²) in [6, 6.07) is 13.6. The molecule has 2 N–H and O–H groups in total. The van der Waals surface area contributed by atoms with Crippen molar-refractivity contribution >= 4 is 21.9 Å². The van der Waals surface area contributed by atoms with Crippen LogP contribution in [-0.4, -0.2) is 66.8 Å². The number of rotatable bonds is 9. The number of aliphatic hydroxyl groups excluding tert-OH is 1. The number of benzene rings is 2. The standard InChI is InChI=1S/C32H37FN6O2/c1-21(2)36(3)18-24-15-25(33)5-7-29(24)39-20-27(26-8-10-34-16-31(26)39)23-9-11-37(19-23)17-22-4-6-30-28(14-22)35-32(41)38(30)12-13-40/h4-8,10,14-16,20-21,23,40H,9,11-13,17-19H2,1-3H3,(H,35,41). The van der Waals surface area contributed by atoms with E-state index in [9.17, 15) is 14.3 Å². The Bertz CT molecular complexity index is 1750. The number of hydrogen-bond acceptors (Lipinski definition) is 5. The number of nitrogens with one attached hydrogen (secondary N) is 1. The van der Waals surface area contributed by atoms with E-state index in [0.717, 1.165) is 59.4 Å². The predicted molar refractivity (Wildman–Crippen MR) is 160 cm³/mol. The van der Waals surface area contributed by atoms with E-state index in [0.29, 0.717) is 18.5 Å². The Morgan fingerprint density at radius 3 is 2.83 bits per heavy atom. The summed E-state index contributed by atoms with van der Waals surface area (Å²) in [7, 11) is 2.06. The number of pyridine rings is 1. The molecule has 1 unspecified atom stereocenters. The van der Waals surface area contributed by atoms with Gasteiger partial charge in [-0.2, -0.15) is 0 Å². The Balaban J connectivity index is 1.27. The van der Waals surface area contributed by atoms with Crippen LogP contribution in [0, 0.1) is 5.82 Å². The number of aliphatic hydroxyl groups is 1. The van der Waals surface area contributed by atoms with E-state index in [4.69, 9.17) is 0 Å². The fraction of sp³-hybridized carbons (Fsp3) is 0.375. The fourth-order valence-electron chi connectivity index (χ4n) is 6.11. The van der Waals surface area contributed by atoms with E-state index in [-0.39, 0.29) is 24.7 Å². The third-order valence-corrected chi connectivity index (χ3v) is 8.52.